The summed E-state index contributed by atoms with van der Waals surface area (Å²) in [6, 6.07) is 3.72. The lowest BCUT2D eigenvalue weighted by molar-refractivity contribution is 0.114. The Morgan fingerprint density at radius 3 is 3.00 bits per heavy atom. The number of fused-ring (bicyclic) bond motifs is 1. The van der Waals surface area contributed by atoms with Crippen LogP contribution in [0.25, 0.3) is 0 Å². The smallest absolute Gasteiger partial charge is 0.231 e. The first-order valence-electron chi connectivity index (χ1n) is 7.00. The lowest BCUT2D eigenvalue weighted by atomic mass is 10.2. The number of benzene rings is 1. The lowest BCUT2D eigenvalue weighted by Crippen LogP contribution is -2.37. The summed E-state index contributed by atoms with van der Waals surface area (Å²) in [6.07, 6.45) is 4.10. The van der Waals surface area contributed by atoms with E-state index in [1.54, 1.807) is 6.21 Å². The quantitative estimate of drug-likeness (QED) is 0.470. The van der Waals surface area contributed by atoms with Gasteiger partial charge in [0.25, 0.3) is 0 Å². The van der Waals surface area contributed by atoms with E-state index in [-0.39, 0.29) is 12.9 Å². The molecule has 1 saturated heterocycles. The number of rotatable bonds is 4. The Bertz CT molecular complexity index is 591. The van der Waals surface area contributed by atoms with E-state index in [0.717, 1.165) is 35.2 Å². The van der Waals surface area contributed by atoms with Gasteiger partial charge in [0.15, 0.2) is 16.6 Å². The van der Waals surface area contributed by atoms with E-state index < -0.39 is 0 Å². The van der Waals surface area contributed by atoms with Crippen LogP contribution in [-0.4, -0.2) is 37.4 Å². The summed E-state index contributed by atoms with van der Waals surface area (Å²) in [7, 11) is 0. The zero-order valence-corrected chi connectivity index (χ0v) is 14.2. The maximum Gasteiger partial charge on any atom is 0.231 e. The minimum absolute atomic E-state index is 0.242. The number of halogens is 1. The molecule has 2 heterocycles. The van der Waals surface area contributed by atoms with Crippen molar-refractivity contribution in [3.8, 4) is 11.5 Å². The molecule has 2 aliphatic rings. The fourth-order valence-corrected chi connectivity index (χ4v) is 2.80. The molecule has 22 heavy (non-hydrogen) atoms. The van der Waals surface area contributed by atoms with Crippen molar-refractivity contribution >= 4 is 39.5 Å². The molecule has 1 atom stereocenters. The van der Waals surface area contributed by atoms with E-state index in [1.165, 1.54) is 0 Å². The van der Waals surface area contributed by atoms with Gasteiger partial charge in [0, 0.05) is 23.2 Å². The second-order valence-corrected chi connectivity index (χ2v) is 6.20. The maximum absolute atomic E-state index is 5.52. The Morgan fingerprint density at radius 2 is 2.23 bits per heavy atom. The molecule has 1 aromatic carbocycles. The molecule has 0 amide bonds. The van der Waals surface area contributed by atoms with Crippen molar-refractivity contribution in [2.45, 2.75) is 18.9 Å². The summed E-state index contributed by atoms with van der Waals surface area (Å²) >= 11 is 8.64. The standard InChI is InChI=1S/C14H16BrN3O3S/c15-11-5-13-12(20-8-21-13)4-9(11)6-17-18-14(22)16-7-10-2-1-3-19-10/h4-6,10H,1-3,7-8H2,(H2,16,18,22)/b17-6-/t10-/m1/s1. The molecular formula is C14H16BrN3O3S. The molecule has 1 aromatic rings. The predicted molar refractivity (Wildman–Crippen MR) is 90.6 cm³/mol. The van der Waals surface area contributed by atoms with Crippen molar-refractivity contribution in [3.63, 3.8) is 0 Å². The lowest BCUT2D eigenvalue weighted by Gasteiger charge is -2.11. The summed E-state index contributed by atoms with van der Waals surface area (Å²) in [5.41, 5.74) is 3.67. The molecule has 2 aliphatic heterocycles. The van der Waals surface area contributed by atoms with Crippen molar-refractivity contribution in [1.82, 2.24) is 10.7 Å². The van der Waals surface area contributed by atoms with Gasteiger partial charge in [-0.25, -0.2) is 0 Å². The first-order valence-corrected chi connectivity index (χ1v) is 8.20. The van der Waals surface area contributed by atoms with Crippen molar-refractivity contribution < 1.29 is 14.2 Å². The summed E-state index contributed by atoms with van der Waals surface area (Å²) in [5, 5.41) is 7.70. The minimum atomic E-state index is 0.242. The van der Waals surface area contributed by atoms with Gasteiger partial charge in [-0.3, -0.25) is 5.43 Å². The molecule has 2 N–H and O–H groups in total. The van der Waals surface area contributed by atoms with Gasteiger partial charge in [-0.05, 0) is 53.1 Å². The number of nitrogens with one attached hydrogen (secondary N) is 2. The summed E-state index contributed by atoms with van der Waals surface area (Å²) in [4.78, 5) is 0. The predicted octanol–water partition coefficient (Wildman–Crippen LogP) is 2.15. The van der Waals surface area contributed by atoms with E-state index in [4.69, 9.17) is 26.4 Å². The van der Waals surface area contributed by atoms with Crippen molar-refractivity contribution in [2.24, 2.45) is 5.10 Å². The molecule has 0 unspecified atom stereocenters. The number of hydrogen-bond donors (Lipinski definition) is 2. The SMILES string of the molecule is S=C(NC[C@H]1CCCO1)N/N=C\c1cc2c(cc1Br)OCO2. The zero-order chi connectivity index (χ0) is 15.4. The van der Waals surface area contributed by atoms with Crippen molar-refractivity contribution in [2.75, 3.05) is 19.9 Å². The van der Waals surface area contributed by atoms with Gasteiger partial charge in [0.05, 0.1) is 12.3 Å². The highest BCUT2D eigenvalue weighted by Gasteiger charge is 2.16. The van der Waals surface area contributed by atoms with E-state index in [1.807, 2.05) is 12.1 Å². The van der Waals surface area contributed by atoms with Crippen LogP contribution in [0.1, 0.15) is 18.4 Å². The molecule has 1 fully saturated rings. The summed E-state index contributed by atoms with van der Waals surface area (Å²) in [5.74, 6) is 1.44. The highest BCUT2D eigenvalue weighted by Crippen LogP contribution is 2.36. The van der Waals surface area contributed by atoms with Crippen LogP contribution in [0.4, 0.5) is 0 Å². The molecule has 0 spiro atoms. The average Bonchev–Trinajstić information content (AvgIpc) is 3.16. The first-order chi connectivity index (χ1) is 10.7. The van der Waals surface area contributed by atoms with Crippen LogP contribution in [0.3, 0.4) is 0 Å². The van der Waals surface area contributed by atoms with Crippen LogP contribution in [0.2, 0.25) is 0 Å². The molecule has 0 bridgehead atoms. The molecule has 3 rings (SSSR count). The van der Waals surface area contributed by atoms with E-state index in [2.05, 4.69) is 31.8 Å². The molecule has 0 radical (unpaired) electrons. The Kier molecular flexibility index (Phi) is 5.12. The van der Waals surface area contributed by atoms with Crippen LogP contribution in [-0.2, 0) is 4.74 Å². The highest BCUT2D eigenvalue weighted by atomic mass is 79.9. The topological polar surface area (TPSA) is 64.1 Å². The maximum atomic E-state index is 5.52. The van der Waals surface area contributed by atoms with Gasteiger partial charge >= 0.3 is 0 Å². The molecular weight excluding hydrogens is 370 g/mol. The average molecular weight is 386 g/mol. The second-order valence-electron chi connectivity index (χ2n) is 4.94. The fraction of sp³-hybridized carbons (Fsp3) is 0.429. The third kappa shape index (κ3) is 3.88. The number of thiocarbonyl (C=S) groups is 1. The van der Waals surface area contributed by atoms with Crippen LogP contribution in [0.15, 0.2) is 21.7 Å². The molecule has 0 aliphatic carbocycles. The van der Waals surface area contributed by atoms with Gasteiger partial charge < -0.3 is 19.5 Å². The first kappa shape index (κ1) is 15.5. The van der Waals surface area contributed by atoms with Crippen LogP contribution < -0.4 is 20.2 Å². The van der Waals surface area contributed by atoms with E-state index in [9.17, 15) is 0 Å². The number of nitrogens with zero attached hydrogens (tertiary/aromatic N) is 1. The minimum Gasteiger partial charge on any atom is -0.454 e. The van der Waals surface area contributed by atoms with Crippen molar-refractivity contribution in [3.05, 3.63) is 22.2 Å². The largest absolute Gasteiger partial charge is 0.454 e. The molecule has 0 aromatic heterocycles. The molecule has 6 nitrogen and oxygen atoms in total. The van der Waals surface area contributed by atoms with E-state index >= 15 is 0 Å². The van der Waals surface area contributed by atoms with Gasteiger partial charge in [-0.2, -0.15) is 5.10 Å². The summed E-state index contributed by atoms with van der Waals surface area (Å²) in [6.45, 7) is 1.79. The number of ether oxygens (including phenoxy) is 3. The van der Waals surface area contributed by atoms with Gasteiger partial charge in [0.1, 0.15) is 0 Å². The van der Waals surface area contributed by atoms with Crippen LogP contribution in [0.5, 0.6) is 11.5 Å². The van der Waals surface area contributed by atoms with Crippen molar-refractivity contribution in [1.29, 1.82) is 0 Å². The zero-order valence-electron chi connectivity index (χ0n) is 11.8. The summed E-state index contributed by atoms with van der Waals surface area (Å²) < 4.78 is 17.0. The third-order valence-corrected chi connectivity index (χ3v) is 4.30. The monoisotopic (exact) mass is 385 g/mol. The Morgan fingerprint density at radius 1 is 1.41 bits per heavy atom. The van der Waals surface area contributed by atoms with Gasteiger partial charge in [0.2, 0.25) is 6.79 Å². The van der Waals surface area contributed by atoms with Crippen LogP contribution >= 0.6 is 28.1 Å². The molecule has 8 heteroatoms. The normalized spacial score (nSPS) is 19.6. The highest BCUT2D eigenvalue weighted by molar-refractivity contribution is 9.10. The Hall–Kier alpha value is -1.38. The second kappa shape index (κ2) is 7.26. The molecule has 0 saturated carbocycles. The molecule has 118 valence electrons. The van der Waals surface area contributed by atoms with Crippen LogP contribution in [0, 0.1) is 0 Å². The Balaban J connectivity index is 1.50. The number of hydrogen-bond acceptors (Lipinski definition) is 5. The fourth-order valence-electron chi connectivity index (χ4n) is 2.24. The van der Waals surface area contributed by atoms with E-state index in [0.29, 0.717) is 17.4 Å². The van der Waals surface area contributed by atoms with Gasteiger partial charge in [-0.15, -0.1) is 0 Å². The Labute approximate surface area is 142 Å². The number of hydrazone groups is 1. The van der Waals surface area contributed by atoms with Gasteiger partial charge in [-0.1, -0.05) is 0 Å². The third-order valence-electron chi connectivity index (χ3n) is 3.38.